The average molecular weight is 420 g/mol. The summed E-state index contributed by atoms with van der Waals surface area (Å²) in [5.74, 6) is 1.99. The first-order valence-corrected chi connectivity index (χ1v) is 10.4. The number of aromatic nitrogens is 2. The van der Waals surface area contributed by atoms with Crippen LogP contribution in [0, 0.1) is 11.7 Å². The van der Waals surface area contributed by atoms with Gasteiger partial charge in [-0.25, -0.2) is 14.4 Å². The maximum Gasteiger partial charge on any atom is 0.223 e. The van der Waals surface area contributed by atoms with Crippen molar-refractivity contribution in [1.82, 2.24) is 15.3 Å². The number of ether oxygens (including phenoxy) is 1. The first-order chi connectivity index (χ1) is 15.1. The lowest BCUT2D eigenvalue weighted by atomic mass is 9.96. The summed E-state index contributed by atoms with van der Waals surface area (Å²) in [6.07, 6.45) is 3.25. The maximum atomic E-state index is 13.2. The number of piperidine rings is 1. The third-order valence-electron chi connectivity index (χ3n) is 5.56. The molecule has 0 radical (unpaired) electrons. The monoisotopic (exact) mass is 420 g/mol. The summed E-state index contributed by atoms with van der Waals surface area (Å²) < 4.78 is 18.3. The fourth-order valence-corrected chi connectivity index (χ4v) is 3.71. The van der Waals surface area contributed by atoms with Crippen molar-refractivity contribution in [3.8, 4) is 17.1 Å². The highest BCUT2D eigenvalue weighted by atomic mass is 19.1. The number of carbonyl (C=O) groups is 1. The van der Waals surface area contributed by atoms with E-state index in [-0.39, 0.29) is 17.6 Å². The number of carbonyl (C=O) groups excluding carboxylic acids is 1. The van der Waals surface area contributed by atoms with Gasteiger partial charge in [0.15, 0.2) is 5.82 Å². The van der Waals surface area contributed by atoms with Crippen molar-refractivity contribution >= 4 is 11.7 Å². The summed E-state index contributed by atoms with van der Waals surface area (Å²) in [7, 11) is 1.63. The molecular weight excluding hydrogens is 395 g/mol. The molecule has 1 N–H and O–H groups in total. The van der Waals surface area contributed by atoms with Gasteiger partial charge in [0, 0.05) is 37.3 Å². The second-order valence-corrected chi connectivity index (χ2v) is 7.57. The van der Waals surface area contributed by atoms with Gasteiger partial charge in [-0.1, -0.05) is 12.1 Å². The molecule has 0 aliphatic carbocycles. The molecule has 7 heteroatoms. The van der Waals surface area contributed by atoms with E-state index in [4.69, 9.17) is 4.74 Å². The quantitative estimate of drug-likeness (QED) is 0.657. The summed E-state index contributed by atoms with van der Waals surface area (Å²) >= 11 is 0. The van der Waals surface area contributed by atoms with Crippen LogP contribution in [0.2, 0.25) is 0 Å². The molecule has 0 bridgehead atoms. The van der Waals surface area contributed by atoms with Crippen LogP contribution in [-0.4, -0.2) is 36.1 Å². The molecular formula is C24H25FN4O2. The number of hydrogen-bond donors (Lipinski definition) is 1. The summed E-state index contributed by atoms with van der Waals surface area (Å²) in [4.78, 5) is 23.7. The van der Waals surface area contributed by atoms with Crippen LogP contribution >= 0.6 is 0 Å². The van der Waals surface area contributed by atoms with E-state index >= 15 is 0 Å². The van der Waals surface area contributed by atoms with Gasteiger partial charge in [0.2, 0.25) is 5.91 Å². The molecule has 2 aromatic carbocycles. The van der Waals surface area contributed by atoms with Crippen LogP contribution in [0.5, 0.6) is 5.75 Å². The van der Waals surface area contributed by atoms with E-state index in [2.05, 4.69) is 20.2 Å². The molecule has 3 aromatic rings. The predicted molar refractivity (Wildman–Crippen MR) is 117 cm³/mol. The zero-order valence-electron chi connectivity index (χ0n) is 17.4. The number of amides is 1. The highest BCUT2D eigenvalue weighted by molar-refractivity contribution is 5.79. The van der Waals surface area contributed by atoms with Crippen molar-refractivity contribution in [3.63, 3.8) is 0 Å². The van der Waals surface area contributed by atoms with Gasteiger partial charge in [-0.2, -0.15) is 0 Å². The van der Waals surface area contributed by atoms with Gasteiger partial charge in [-0.05, 0) is 60.9 Å². The Morgan fingerprint density at radius 1 is 1.10 bits per heavy atom. The first kappa shape index (κ1) is 20.8. The highest BCUT2D eigenvalue weighted by Gasteiger charge is 2.25. The molecule has 2 heterocycles. The van der Waals surface area contributed by atoms with Gasteiger partial charge in [0.05, 0.1) is 7.11 Å². The number of nitrogens with one attached hydrogen (secondary N) is 1. The van der Waals surface area contributed by atoms with Crippen LogP contribution in [0.1, 0.15) is 18.4 Å². The van der Waals surface area contributed by atoms with Crippen molar-refractivity contribution in [3.05, 3.63) is 72.2 Å². The van der Waals surface area contributed by atoms with Crippen LogP contribution < -0.4 is 15.0 Å². The van der Waals surface area contributed by atoms with Crippen molar-refractivity contribution in [1.29, 1.82) is 0 Å². The number of rotatable bonds is 6. The fraction of sp³-hybridized carbons (Fsp3) is 0.292. The van der Waals surface area contributed by atoms with Crippen LogP contribution in [0.25, 0.3) is 11.4 Å². The highest BCUT2D eigenvalue weighted by Crippen LogP contribution is 2.24. The normalized spacial score (nSPS) is 14.3. The first-order valence-electron chi connectivity index (χ1n) is 10.4. The van der Waals surface area contributed by atoms with Crippen molar-refractivity contribution in [2.75, 3.05) is 25.1 Å². The van der Waals surface area contributed by atoms with Crippen molar-refractivity contribution in [2.24, 2.45) is 5.92 Å². The smallest absolute Gasteiger partial charge is 0.223 e. The Bertz CT molecular complexity index is 1020. The fourth-order valence-electron chi connectivity index (χ4n) is 3.71. The Kier molecular flexibility index (Phi) is 6.40. The molecule has 1 aromatic heterocycles. The van der Waals surface area contributed by atoms with E-state index in [0.717, 1.165) is 48.6 Å². The van der Waals surface area contributed by atoms with E-state index in [0.29, 0.717) is 12.4 Å². The molecule has 1 aliphatic heterocycles. The molecule has 1 amide bonds. The molecule has 0 saturated carbocycles. The minimum atomic E-state index is -0.285. The van der Waals surface area contributed by atoms with Gasteiger partial charge in [0.25, 0.3) is 0 Å². The lowest BCUT2D eigenvalue weighted by Crippen LogP contribution is -2.40. The maximum absolute atomic E-state index is 13.2. The molecule has 1 fully saturated rings. The Hall–Kier alpha value is -3.48. The molecule has 160 valence electrons. The standard InChI is InChI=1S/C24H25FN4O2/c1-31-21-8-2-17(3-9-21)16-27-24(30)19-11-14-29(15-12-19)22-10-13-26-23(28-22)18-4-6-20(25)7-5-18/h2-10,13,19H,11-12,14-16H2,1H3,(H,27,30). The molecule has 31 heavy (non-hydrogen) atoms. The minimum absolute atomic E-state index is 0.00657. The van der Waals surface area contributed by atoms with Gasteiger partial charge >= 0.3 is 0 Å². The molecule has 0 spiro atoms. The number of methoxy groups -OCH3 is 1. The minimum Gasteiger partial charge on any atom is -0.497 e. The number of benzene rings is 2. The van der Waals surface area contributed by atoms with Crippen molar-refractivity contribution < 1.29 is 13.9 Å². The summed E-state index contributed by atoms with van der Waals surface area (Å²) in [5.41, 5.74) is 1.82. The average Bonchev–Trinajstić information content (AvgIpc) is 2.83. The van der Waals surface area contributed by atoms with Gasteiger partial charge in [-0.15, -0.1) is 0 Å². The SMILES string of the molecule is COc1ccc(CNC(=O)C2CCN(c3ccnc(-c4ccc(F)cc4)n3)CC2)cc1. The Morgan fingerprint density at radius 2 is 1.81 bits per heavy atom. The molecule has 1 saturated heterocycles. The Labute approximate surface area is 181 Å². The van der Waals surface area contributed by atoms with E-state index in [9.17, 15) is 9.18 Å². The van der Waals surface area contributed by atoms with E-state index < -0.39 is 0 Å². The molecule has 1 aliphatic rings. The molecule has 6 nitrogen and oxygen atoms in total. The van der Waals surface area contributed by atoms with Gasteiger partial charge in [0.1, 0.15) is 17.4 Å². The molecule has 0 unspecified atom stereocenters. The number of nitrogens with zero attached hydrogens (tertiary/aromatic N) is 3. The second kappa shape index (κ2) is 9.55. The lowest BCUT2D eigenvalue weighted by Gasteiger charge is -2.32. The van der Waals surface area contributed by atoms with Crippen LogP contribution in [0.15, 0.2) is 60.8 Å². The van der Waals surface area contributed by atoms with E-state index in [1.165, 1.54) is 12.1 Å². The summed E-state index contributed by atoms with van der Waals surface area (Å²) in [5, 5.41) is 3.04. The molecule has 4 rings (SSSR count). The third-order valence-corrected chi connectivity index (χ3v) is 5.56. The summed E-state index contributed by atoms with van der Waals surface area (Å²) in [6.45, 7) is 2.01. The third kappa shape index (κ3) is 5.17. The van der Waals surface area contributed by atoms with Crippen molar-refractivity contribution in [2.45, 2.75) is 19.4 Å². The zero-order valence-corrected chi connectivity index (χ0v) is 17.4. The zero-order chi connectivity index (χ0) is 21.6. The van der Waals surface area contributed by atoms with Crippen LogP contribution in [0.3, 0.4) is 0 Å². The van der Waals surface area contributed by atoms with Crippen LogP contribution in [-0.2, 0) is 11.3 Å². The van der Waals surface area contributed by atoms with E-state index in [1.54, 1.807) is 25.4 Å². The van der Waals surface area contributed by atoms with E-state index in [1.807, 2.05) is 30.3 Å². The Balaban J connectivity index is 1.31. The van der Waals surface area contributed by atoms with Gasteiger partial charge in [-0.3, -0.25) is 4.79 Å². The predicted octanol–water partition coefficient (Wildman–Crippen LogP) is 3.82. The number of anilines is 1. The second-order valence-electron chi connectivity index (χ2n) is 7.57. The van der Waals surface area contributed by atoms with Gasteiger partial charge < -0.3 is 15.0 Å². The topological polar surface area (TPSA) is 67.3 Å². The Morgan fingerprint density at radius 3 is 2.48 bits per heavy atom. The number of hydrogen-bond acceptors (Lipinski definition) is 5. The largest absolute Gasteiger partial charge is 0.497 e. The summed E-state index contributed by atoms with van der Waals surface area (Å²) in [6, 6.07) is 15.7. The number of halogens is 1. The molecule has 0 atom stereocenters. The van der Waals surface area contributed by atoms with Crippen LogP contribution in [0.4, 0.5) is 10.2 Å². The lowest BCUT2D eigenvalue weighted by molar-refractivity contribution is -0.125.